The van der Waals surface area contributed by atoms with Crippen molar-refractivity contribution in [2.45, 2.75) is 24.4 Å². The molecule has 0 aliphatic carbocycles. The largest absolute Gasteiger partial charge is 0.338 e. The minimum atomic E-state index is -0.0506. The Bertz CT molecular complexity index is 849. The quantitative estimate of drug-likeness (QED) is 0.409. The molecule has 0 spiro atoms. The average Bonchev–Trinajstić information content (AvgIpc) is 3.09. The van der Waals surface area contributed by atoms with Crippen LogP contribution >= 0.6 is 23.1 Å². The van der Waals surface area contributed by atoms with E-state index < -0.39 is 0 Å². The highest BCUT2D eigenvalue weighted by Gasteiger charge is 2.13. The fraction of sp³-hybridized carbons (Fsp3) is 0.231. The summed E-state index contributed by atoms with van der Waals surface area (Å²) in [5, 5.41) is 6.88. The number of fused-ring (bicyclic) bond motifs is 1. The molecule has 3 rings (SSSR count). The molecule has 0 bridgehead atoms. The highest BCUT2D eigenvalue weighted by atomic mass is 32.2. The Morgan fingerprint density at radius 3 is 3.10 bits per heavy atom. The van der Waals surface area contributed by atoms with Gasteiger partial charge in [-0.1, -0.05) is 23.0 Å². The van der Waals surface area contributed by atoms with Gasteiger partial charge >= 0.3 is 0 Å². The molecule has 3 aromatic heterocycles. The van der Waals surface area contributed by atoms with Gasteiger partial charge in [0.15, 0.2) is 11.0 Å². The molecule has 0 atom stereocenters. The molecule has 21 heavy (non-hydrogen) atoms. The summed E-state index contributed by atoms with van der Waals surface area (Å²) in [5.74, 6) is 1.58. The minimum absolute atomic E-state index is 0.0506. The summed E-state index contributed by atoms with van der Waals surface area (Å²) >= 11 is 2.85. The number of thioether (sulfide) groups is 1. The van der Waals surface area contributed by atoms with E-state index in [1.807, 2.05) is 5.38 Å². The van der Waals surface area contributed by atoms with Gasteiger partial charge in [0.25, 0.3) is 5.56 Å². The first-order valence-electron chi connectivity index (χ1n) is 6.20. The molecule has 0 saturated heterocycles. The molecule has 0 aliphatic heterocycles. The van der Waals surface area contributed by atoms with Gasteiger partial charge in [0.1, 0.15) is 4.83 Å². The lowest BCUT2D eigenvalue weighted by Crippen LogP contribution is -2.22. The van der Waals surface area contributed by atoms with Gasteiger partial charge in [-0.2, -0.15) is 4.98 Å². The predicted octanol–water partition coefficient (Wildman–Crippen LogP) is 2.63. The second kappa shape index (κ2) is 5.82. The van der Waals surface area contributed by atoms with E-state index in [1.165, 1.54) is 23.1 Å². The van der Waals surface area contributed by atoms with E-state index in [9.17, 15) is 4.79 Å². The third-order valence-corrected chi connectivity index (χ3v) is 4.52. The fourth-order valence-corrected chi connectivity index (χ4v) is 3.51. The van der Waals surface area contributed by atoms with E-state index >= 15 is 0 Å². The van der Waals surface area contributed by atoms with Gasteiger partial charge in [-0.15, -0.1) is 17.9 Å². The summed E-state index contributed by atoms with van der Waals surface area (Å²) in [4.78, 5) is 21.9. The lowest BCUT2D eigenvalue weighted by molar-refractivity contribution is 0.387. The van der Waals surface area contributed by atoms with Crippen LogP contribution in [0.4, 0.5) is 0 Å². The molecule has 0 radical (unpaired) electrons. The number of hydrogen-bond donors (Lipinski definition) is 0. The van der Waals surface area contributed by atoms with E-state index in [4.69, 9.17) is 4.52 Å². The molecule has 0 fully saturated rings. The molecule has 0 aromatic carbocycles. The molecule has 3 heterocycles. The summed E-state index contributed by atoms with van der Waals surface area (Å²) < 4.78 is 6.68. The first-order chi connectivity index (χ1) is 10.2. The number of nitrogens with zero attached hydrogens (tertiary/aromatic N) is 4. The van der Waals surface area contributed by atoms with Crippen LogP contribution in [-0.4, -0.2) is 19.7 Å². The first kappa shape index (κ1) is 14.0. The van der Waals surface area contributed by atoms with Crippen molar-refractivity contribution in [3.05, 3.63) is 46.2 Å². The topological polar surface area (TPSA) is 73.8 Å². The van der Waals surface area contributed by atoms with Gasteiger partial charge in [-0.25, -0.2) is 4.98 Å². The Hall–Kier alpha value is -1.93. The number of rotatable bonds is 5. The minimum Gasteiger partial charge on any atom is -0.338 e. The number of hydrogen-bond acceptors (Lipinski definition) is 7. The lowest BCUT2D eigenvalue weighted by atomic mass is 10.4. The molecule has 8 heteroatoms. The number of aryl methyl sites for hydroxylation is 1. The molecule has 108 valence electrons. The fourth-order valence-electron chi connectivity index (χ4n) is 1.86. The molecule has 0 aliphatic rings. The van der Waals surface area contributed by atoms with Gasteiger partial charge in [0, 0.05) is 6.54 Å². The molecule has 6 nitrogen and oxygen atoms in total. The highest BCUT2D eigenvalue weighted by molar-refractivity contribution is 7.98. The molecule has 0 unspecified atom stereocenters. The van der Waals surface area contributed by atoms with E-state index in [1.54, 1.807) is 23.6 Å². The molecular weight excluding hydrogens is 308 g/mol. The lowest BCUT2D eigenvalue weighted by Gasteiger charge is -2.08. The molecule has 0 saturated carbocycles. The molecule has 0 N–H and O–H groups in total. The third kappa shape index (κ3) is 2.77. The second-order valence-corrected chi connectivity index (χ2v) is 6.10. The zero-order chi connectivity index (χ0) is 14.8. The van der Waals surface area contributed by atoms with Crippen LogP contribution < -0.4 is 5.56 Å². The van der Waals surface area contributed by atoms with E-state index in [2.05, 4.69) is 21.7 Å². The van der Waals surface area contributed by atoms with E-state index in [0.717, 1.165) is 4.83 Å². The normalized spacial score (nSPS) is 11.1. The standard InChI is InChI=1S/C13H12N4O2S2/c1-3-5-17-12(18)9-4-6-20-11(9)15-13(17)21-7-10-14-8(2)16-19-10/h3-4,6H,1,5,7H2,2H3. The SMILES string of the molecule is C=CCn1c(SCc2nc(C)no2)nc2sccc2c1=O. The van der Waals surface area contributed by atoms with Crippen molar-refractivity contribution in [2.24, 2.45) is 0 Å². The molecule has 3 aromatic rings. The number of allylic oxidation sites excluding steroid dienone is 1. The second-order valence-electron chi connectivity index (χ2n) is 4.26. The summed E-state index contributed by atoms with van der Waals surface area (Å²) in [7, 11) is 0. The van der Waals surface area contributed by atoms with Crippen LogP contribution in [0.15, 0.2) is 38.6 Å². The van der Waals surface area contributed by atoms with Crippen LogP contribution in [-0.2, 0) is 12.3 Å². The van der Waals surface area contributed by atoms with E-state index in [-0.39, 0.29) is 5.56 Å². The van der Waals surface area contributed by atoms with Crippen molar-refractivity contribution in [3.63, 3.8) is 0 Å². The Morgan fingerprint density at radius 1 is 1.52 bits per heavy atom. The van der Waals surface area contributed by atoms with Crippen LogP contribution in [0, 0.1) is 6.92 Å². The van der Waals surface area contributed by atoms with Crippen LogP contribution in [0.25, 0.3) is 10.2 Å². The Morgan fingerprint density at radius 2 is 2.38 bits per heavy atom. The van der Waals surface area contributed by atoms with Crippen molar-refractivity contribution >= 4 is 33.3 Å². The average molecular weight is 320 g/mol. The van der Waals surface area contributed by atoms with Crippen LogP contribution in [0.5, 0.6) is 0 Å². The third-order valence-electron chi connectivity index (χ3n) is 2.75. The molecular formula is C13H12N4O2S2. The zero-order valence-corrected chi connectivity index (χ0v) is 12.9. The van der Waals surface area contributed by atoms with Crippen molar-refractivity contribution in [2.75, 3.05) is 0 Å². The monoisotopic (exact) mass is 320 g/mol. The van der Waals surface area contributed by atoms with Gasteiger partial charge in [0.05, 0.1) is 11.1 Å². The maximum atomic E-state index is 12.4. The summed E-state index contributed by atoms with van der Waals surface area (Å²) in [6.45, 7) is 5.88. The predicted molar refractivity (Wildman–Crippen MR) is 82.7 cm³/mol. The van der Waals surface area contributed by atoms with E-state index in [0.29, 0.717) is 34.6 Å². The zero-order valence-electron chi connectivity index (χ0n) is 11.3. The Kier molecular flexibility index (Phi) is 3.89. The van der Waals surface area contributed by atoms with Crippen molar-refractivity contribution in [1.29, 1.82) is 0 Å². The Labute approximate surface area is 128 Å². The highest BCUT2D eigenvalue weighted by Crippen LogP contribution is 2.23. The number of aromatic nitrogens is 4. The van der Waals surface area contributed by atoms with Crippen LogP contribution in [0.1, 0.15) is 11.7 Å². The maximum absolute atomic E-state index is 12.4. The molecule has 0 amide bonds. The van der Waals surface area contributed by atoms with Gasteiger partial charge in [-0.3, -0.25) is 9.36 Å². The summed E-state index contributed by atoms with van der Waals surface area (Å²) in [6, 6.07) is 1.80. The van der Waals surface area contributed by atoms with Gasteiger partial charge in [0.2, 0.25) is 5.89 Å². The smallest absolute Gasteiger partial charge is 0.263 e. The number of thiophene rings is 1. The maximum Gasteiger partial charge on any atom is 0.263 e. The first-order valence-corrected chi connectivity index (χ1v) is 8.06. The van der Waals surface area contributed by atoms with Gasteiger partial charge in [-0.05, 0) is 18.4 Å². The van der Waals surface area contributed by atoms with Crippen molar-refractivity contribution in [1.82, 2.24) is 19.7 Å². The summed E-state index contributed by atoms with van der Waals surface area (Å²) in [5.41, 5.74) is -0.0506. The van der Waals surface area contributed by atoms with Crippen molar-refractivity contribution in [3.8, 4) is 0 Å². The Balaban J connectivity index is 1.97. The van der Waals surface area contributed by atoms with Crippen LogP contribution in [0.3, 0.4) is 0 Å². The summed E-state index contributed by atoms with van der Waals surface area (Å²) in [6.07, 6.45) is 1.68. The van der Waals surface area contributed by atoms with Crippen molar-refractivity contribution < 1.29 is 4.52 Å². The van der Waals surface area contributed by atoms with Gasteiger partial charge < -0.3 is 4.52 Å². The van der Waals surface area contributed by atoms with Crippen LogP contribution in [0.2, 0.25) is 0 Å².